The van der Waals surface area contributed by atoms with E-state index in [4.69, 9.17) is 12.2 Å². The van der Waals surface area contributed by atoms with Crippen molar-refractivity contribution in [2.45, 2.75) is 6.92 Å². The number of pyridine rings is 2. The van der Waals surface area contributed by atoms with Crippen molar-refractivity contribution in [3.8, 4) is 0 Å². The zero-order valence-corrected chi connectivity index (χ0v) is 15.0. The lowest BCUT2D eigenvalue weighted by atomic mass is 10.2. The lowest BCUT2D eigenvalue weighted by molar-refractivity contribution is 0.868. The molecule has 0 saturated carbocycles. The summed E-state index contributed by atoms with van der Waals surface area (Å²) >= 11 is 5.33. The van der Waals surface area contributed by atoms with Crippen molar-refractivity contribution in [1.82, 2.24) is 20.8 Å². The average Bonchev–Trinajstić information content (AvgIpc) is 2.68. The number of aromatic nitrogens is 2. The van der Waals surface area contributed by atoms with Crippen LogP contribution in [0.15, 0.2) is 78.0 Å². The molecule has 2 aromatic heterocycles. The third kappa shape index (κ3) is 5.09. The molecule has 0 unspecified atom stereocenters. The lowest BCUT2D eigenvalue weighted by Crippen LogP contribution is -2.44. The van der Waals surface area contributed by atoms with Gasteiger partial charge in [0.1, 0.15) is 5.69 Å². The van der Waals surface area contributed by atoms with E-state index in [1.807, 2.05) is 67.6 Å². The lowest BCUT2D eigenvalue weighted by Gasteiger charge is -2.14. The van der Waals surface area contributed by atoms with E-state index < -0.39 is 0 Å². The summed E-state index contributed by atoms with van der Waals surface area (Å²) < 4.78 is 0. The van der Waals surface area contributed by atoms with Crippen LogP contribution in [0.1, 0.15) is 11.3 Å². The number of amidine groups is 1. The van der Waals surface area contributed by atoms with Crippen LogP contribution >= 0.6 is 12.2 Å². The maximum atomic E-state index is 5.33. The number of hydrazine groups is 1. The van der Waals surface area contributed by atoms with E-state index in [0.29, 0.717) is 22.5 Å². The molecule has 2 heterocycles. The highest BCUT2D eigenvalue weighted by molar-refractivity contribution is 7.80. The molecule has 0 saturated heterocycles. The third-order valence-corrected chi connectivity index (χ3v) is 3.59. The topological polar surface area (TPSA) is 74.2 Å². The number of nitrogens with one attached hydrogen (secondary N) is 3. The molecule has 130 valence electrons. The van der Waals surface area contributed by atoms with E-state index in [1.165, 1.54) is 5.56 Å². The van der Waals surface area contributed by atoms with Crippen molar-refractivity contribution >= 4 is 34.7 Å². The summed E-state index contributed by atoms with van der Waals surface area (Å²) in [7, 11) is 0. The minimum Gasteiger partial charge on any atom is -0.331 e. The Bertz CT molecular complexity index is 879. The zero-order valence-electron chi connectivity index (χ0n) is 14.2. The van der Waals surface area contributed by atoms with Crippen molar-refractivity contribution in [2.24, 2.45) is 4.99 Å². The molecule has 3 rings (SSSR count). The van der Waals surface area contributed by atoms with Crippen LogP contribution in [0.25, 0.3) is 0 Å². The summed E-state index contributed by atoms with van der Waals surface area (Å²) in [6.07, 6.45) is 3.39. The van der Waals surface area contributed by atoms with E-state index in [-0.39, 0.29) is 0 Å². The Hall–Kier alpha value is -3.32. The molecule has 7 heteroatoms. The van der Waals surface area contributed by atoms with Gasteiger partial charge >= 0.3 is 0 Å². The average molecular weight is 362 g/mol. The van der Waals surface area contributed by atoms with Gasteiger partial charge in [0, 0.05) is 18.1 Å². The second-order valence-corrected chi connectivity index (χ2v) is 5.84. The Labute approximate surface area is 157 Å². The van der Waals surface area contributed by atoms with Gasteiger partial charge in [0.05, 0.1) is 0 Å². The monoisotopic (exact) mass is 362 g/mol. The number of thiocarbonyl (C=S) groups is 1. The number of rotatable bonds is 3. The van der Waals surface area contributed by atoms with Gasteiger partial charge in [0.15, 0.2) is 16.8 Å². The fraction of sp³-hybridized carbons (Fsp3) is 0.0526. The molecule has 0 atom stereocenters. The van der Waals surface area contributed by atoms with Gasteiger partial charge in [0.2, 0.25) is 0 Å². The first-order chi connectivity index (χ1) is 12.7. The number of hydrogen-bond donors (Lipinski definition) is 3. The highest BCUT2D eigenvalue weighted by atomic mass is 32.1. The van der Waals surface area contributed by atoms with Gasteiger partial charge in [-0.15, -0.1) is 0 Å². The predicted molar refractivity (Wildman–Crippen MR) is 108 cm³/mol. The van der Waals surface area contributed by atoms with Crippen molar-refractivity contribution in [2.75, 3.05) is 5.32 Å². The number of aryl methyl sites for hydroxylation is 1. The van der Waals surface area contributed by atoms with Gasteiger partial charge in [-0.3, -0.25) is 15.8 Å². The van der Waals surface area contributed by atoms with Crippen LogP contribution in [0.5, 0.6) is 0 Å². The molecule has 0 aliphatic carbocycles. The van der Waals surface area contributed by atoms with Gasteiger partial charge < -0.3 is 5.32 Å². The number of benzene rings is 1. The standard InChI is InChI=1S/C19H18N6S/c1-14-8-10-15(11-9-14)22-19(26)25-24-18(16-6-2-4-12-20-16)23-17-7-3-5-13-21-17/h2-13H,1H3,(H,21,23,24)(H2,22,25,26). The molecule has 0 radical (unpaired) electrons. The zero-order chi connectivity index (χ0) is 18.2. The second kappa shape index (κ2) is 8.68. The summed E-state index contributed by atoms with van der Waals surface area (Å²) in [6.45, 7) is 2.04. The molecule has 26 heavy (non-hydrogen) atoms. The maximum Gasteiger partial charge on any atom is 0.189 e. The Morgan fingerprint density at radius 3 is 2.27 bits per heavy atom. The Balaban J connectivity index is 1.71. The number of nitrogens with zero attached hydrogens (tertiary/aromatic N) is 3. The summed E-state index contributed by atoms with van der Waals surface area (Å²) in [5.74, 6) is 1.08. The molecule has 0 amide bonds. The van der Waals surface area contributed by atoms with Gasteiger partial charge in [-0.05, 0) is 55.5 Å². The molecule has 0 aliphatic heterocycles. The minimum absolute atomic E-state index is 0.415. The maximum absolute atomic E-state index is 5.33. The van der Waals surface area contributed by atoms with Crippen LogP contribution in [0.3, 0.4) is 0 Å². The van der Waals surface area contributed by atoms with Crippen LogP contribution < -0.4 is 16.2 Å². The Morgan fingerprint density at radius 2 is 1.62 bits per heavy atom. The Kier molecular flexibility index (Phi) is 5.84. The van der Waals surface area contributed by atoms with Gasteiger partial charge in [-0.25, -0.2) is 9.98 Å². The van der Waals surface area contributed by atoms with E-state index in [9.17, 15) is 0 Å². The van der Waals surface area contributed by atoms with Crippen LogP contribution in [-0.4, -0.2) is 20.9 Å². The number of anilines is 1. The van der Waals surface area contributed by atoms with Gasteiger partial charge in [-0.2, -0.15) is 0 Å². The summed E-state index contributed by atoms with van der Waals surface area (Å²) in [4.78, 5) is 13.0. The highest BCUT2D eigenvalue weighted by Crippen LogP contribution is 2.09. The first-order valence-electron chi connectivity index (χ1n) is 8.01. The fourth-order valence-corrected chi connectivity index (χ4v) is 2.27. The predicted octanol–water partition coefficient (Wildman–Crippen LogP) is 3.35. The van der Waals surface area contributed by atoms with Gasteiger partial charge in [0.25, 0.3) is 0 Å². The molecular weight excluding hydrogens is 344 g/mol. The number of aliphatic imine (C=N–C) groups is 1. The molecule has 0 aliphatic rings. The SMILES string of the molecule is Cc1ccc(NC(=S)NN/C(=N/c2ccccn2)c2ccccn2)cc1. The van der Waals surface area contributed by atoms with E-state index in [0.717, 1.165) is 5.69 Å². The molecule has 3 N–H and O–H groups in total. The normalized spacial score (nSPS) is 10.9. The van der Waals surface area contributed by atoms with Crippen LogP contribution in [0.4, 0.5) is 11.5 Å². The quantitative estimate of drug-likeness (QED) is 0.287. The number of hydrogen-bond acceptors (Lipinski definition) is 4. The molecule has 0 bridgehead atoms. The molecule has 1 aromatic carbocycles. The van der Waals surface area contributed by atoms with Crippen molar-refractivity contribution < 1.29 is 0 Å². The molecule has 0 fully saturated rings. The van der Waals surface area contributed by atoms with Crippen LogP contribution in [0.2, 0.25) is 0 Å². The van der Waals surface area contributed by atoms with Crippen molar-refractivity contribution in [3.63, 3.8) is 0 Å². The molecule has 3 aromatic rings. The van der Waals surface area contributed by atoms with Crippen LogP contribution in [0, 0.1) is 6.92 Å². The first kappa shape index (κ1) is 17.5. The van der Waals surface area contributed by atoms with Crippen molar-refractivity contribution in [1.29, 1.82) is 0 Å². The van der Waals surface area contributed by atoms with Crippen molar-refractivity contribution in [3.05, 3.63) is 84.3 Å². The Morgan fingerprint density at radius 1 is 0.885 bits per heavy atom. The molecule has 6 nitrogen and oxygen atoms in total. The summed E-state index contributed by atoms with van der Waals surface area (Å²) in [5, 5.41) is 3.52. The molecule has 0 spiro atoms. The second-order valence-electron chi connectivity index (χ2n) is 5.43. The minimum atomic E-state index is 0.415. The molecular formula is C19H18N6S. The summed E-state index contributed by atoms with van der Waals surface area (Å²) in [6, 6.07) is 19.1. The summed E-state index contributed by atoms with van der Waals surface area (Å²) in [5.41, 5.74) is 8.70. The van der Waals surface area contributed by atoms with E-state index in [1.54, 1.807) is 12.4 Å². The largest absolute Gasteiger partial charge is 0.331 e. The smallest absolute Gasteiger partial charge is 0.189 e. The van der Waals surface area contributed by atoms with E-state index in [2.05, 4.69) is 31.1 Å². The van der Waals surface area contributed by atoms with Crippen LogP contribution in [-0.2, 0) is 0 Å². The fourth-order valence-electron chi connectivity index (χ4n) is 2.10. The highest BCUT2D eigenvalue weighted by Gasteiger charge is 2.06. The third-order valence-electron chi connectivity index (χ3n) is 3.39. The van der Waals surface area contributed by atoms with E-state index >= 15 is 0 Å². The first-order valence-corrected chi connectivity index (χ1v) is 8.42. The van der Waals surface area contributed by atoms with Gasteiger partial charge in [-0.1, -0.05) is 29.8 Å².